The highest BCUT2D eigenvalue weighted by atomic mass is 32.3. The summed E-state index contributed by atoms with van der Waals surface area (Å²) in [5, 5.41) is 0. The van der Waals surface area contributed by atoms with Crippen LogP contribution in [0, 0.1) is 0 Å². The third-order valence-corrected chi connectivity index (χ3v) is 9.41. The Morgan fingerprint density at radius 3 is 1.47 bits per heavy atom. The Morgan fingerprint density at radius 1 is 1.00 bits per heavy atom. The number of halogens is 1. The highest BCUT2D eigenvalue weighted by molar-refractivity contribution is 8.32. The summed E-state index contributed by atoms with van der Waals surface area (Å²) in [6.07, 6.45) is 7.10. The molecule has 0 heterocycles. The summed E-state index contributed by atoms with van der Waals surface area (Å²) in [7, 11) is -7.61. The molecule has 0 unspecified atom stereocenters. The van der Waals surface area contributed by atoms with Gasteiger partial charge in [0.05, 0.1) is 0 Å². The standard InChI is InChI=1S/C8H22FO3PS2/c1-7-14(3,4)11-13(9,10)12-15(5,6)8-2/h7-8H2,1-6H3. The van der Waals surface area contributed by atoms with E-state index in [2.05, 4.69) is 0 Å². The van der Waals surface area contributed by atoms with Crippen LogP contribution >= 0.6 is 28.5 Å². The zero-order valence-electron chi connectivity index (χ0n) is 10.3. The minimum absolute atomic E-state index is 0.659. The monoisotopic (exact) mass is 280 g/mol. The molecule has 0 aliphatic heterocycles. The van der Waals surface area contributed by atoms with Gasteiger partial charge in [0.25, 0.3) is 0 Å². The van der Waals surface area contributed by atoms with E-state index in [4.69, 9.17) is 7.94 Å². The molecule has 0 amide bonds. The fraction of sp³-hybridized carbons (Fsp3) is 1.00. The SMILES string of the molecule is CCS(C)(C)OP(=O)(F)OS(C)(C)CC. The highest BCUT2D eigenvalue weighted by Gasteiger charge is 2.35. The Kier molecular flexibility index (Phi) is 5.69. The quantitative estimate of drug-likeness (QED) is 0.687. The van der Waals surface area contributed by atoms with Gasteiger partial charge in [-0.15, -0.1) is 24.8 Å². The molecular weight excluding hydrogens is 258 g/mol. The second kappa shape index (κ2) is 5.41. The van der Waals surface area contributed by atoms with Crippen LogP contribution in [0.4, 0.5) is 4.20 Å². The van der Waals surface area contributed by atoms with Crippen molar-refractivity contribution in [2.75, 3.05) is 36.5 Å². The van der Waals surface area contributed by atoms with Crippen molar-refractivity contribution < 1.29 is 16.7 Å². The first-order valence-corrected chi connectivity index (χ1v) is 11.2. The lowest BCUT2D eigenvalue weighted by Crippen LogP contribution is -2.05. The van der Waals surface area contributed by atoms with Crippen LogP contribution in [0.1, 0.15) is 13.8 Å². The second-order valence-electron chi connectivity index (χ2n) is 4.03. The molecule has 0 aromatic rings. The summed E-state index contributed by atoms with van der Waals surface area (Å²) in [5.74, 6) is 1.32. The average molecular weight is 280 g/mol. The van der Waals surface area contributed by atoms with Gasteiger partial charge < -0.3 is 0 Å². The minimum atomic E-state index is -4.39. The van der Waals surface area contributed by atoms with Crippen LogP contribution in [0.2, 0.25) is 0 Å². The van der Waals surface area contributed by atoms with Gasteiger partial charge in [-0.2, -0.15) is 0 Å². The van der Waals surface area contributed by atoms with Crippen molar-refractivity contribution in [3.63, 3.8) is 0 Å². The molecule has 7 heteroatoms. The third-order valence-electron chi connectivity index (χ3n) is 1.97. The van der Waals surface area contributed by atoms with E-state index in [1.54, 1.807) is 25.0 Å². The van der Waals surface area contributed by atoms with Gasteiger partial charge in [-0.25, -0.2) is 12.5 Å². The fourth-order valence-corrected chi connectivity index (χ4v) is 5.62. The zero-order chi connectivity index (χ0) is 12.3. The average Bonchev–Trinajstić information content (AvgIpc) is 2.00. The van der Waals surface area contributed by atoms with Crippen LogP contribution in [0.3, 0.4) is 0 Å². The largest absolute Gasteiger partial charge is 0.532 e. The Bertz CT molecular complexity index is 236. The Hall–Kier alpha value is 0.780. The summed E-state index contributed by atoms with van der Waals surface area (Å²) in [5.41, 5.74) is 0. The van der Waals surface area contributed by atoms with Crippen LogP contribution in [0.15, 0.2) is 0 Å². The lowest BCUT2D eigenvalue weighted by Gasteiger charge is -2.34. The molecular formula is C8H22FO3PS2. The summed E-state index contributed by atoms with van der Waals surface area (Å²) in [6.45, 7) is 3.76. The number of hydrogen-bond donors (Lipinski definition) is 0. The molecule has 0 aliphatic rings. The predicted octanol–water partition coefficient (Wildman–Crippen LogP) is 4.10. The van der Waals surface area contributed by atoms with Crippen LogP contribution in [0.25, 0.3) is 0 Å². The van der Waals surface area contributed by atoms with Crippen molar-refractivity contribution >= 4 is 28.5 Å². The van der Waals surface area contributed by atoms with Crippen LogP contribution < -0.4 is 0 Å². The molecule has 96 valence electrons. The molecule has 0 saturated carbocycles. The predicted molar refractivity (Wildman–Crippen MR) is 70.8 cm³/mol. The molecule has 0 aromatic carbocycles. The van der Waals surface area contributed by atoms with Crippen molar-refractivity contribution in [3.05, 3.63) is 0 Å². The van der Waals surface area contributed by atoms with Gasteiger partial charge in [-0.3, -0.25) is 0 Å². The molecule has 0 aromatic heterocycles. The molecule has 0 bridgehead atoms. The van der Waals surface area contributed by atoms with E-state index in [0.717, 1.165) is 0 Å². The Balaban J connectivity index is 4.51. The maximum atomic E-state index is 13.6. The molecule has 3 nitrogen and oxygen atoms in total. The van der Waals surface area contributed by atoms with E-state index in [9.17, 15) is 8.76 Å². The molecule has 0 atom stereocenters. The Labute approximate surface area is 95.8 Å². The third kappa shape index (κ3) is 6.84. The van der Waals surface area contributed by atoms with Crippen molar-refractivity contribution in [3.8, 4) is 0 Å². The molecule has 0 rings (SSSR count). The summed E-state index contributed by atoms with van der Waals surface area (Å²) < 4.78 is 35.1. The van der Waals surface area contributed by atoms with Gasteiger partial charge in [0.15, 0.2) is 0 Å². The van der Waals surface area contributed by atoms with Crippen molar-refractivity contribution in [2.45, 2.75) is 13.8 Å². The highest BCUT2D eigenvalue weighted by Crippen LogP contribution is 2.68. The van der Waals surface area contributed by atoms with Gasteiger partial charge in [0.2, 0.25) is 0 Å². The van der Waals surface area contributed by atoms with Gasteiger partial charge in [-0.1, -0.05) is 13.8 Å². The van der Waals surface area contributed by atoms with Crippen molar-refractivity contribution in [1.29, 1.82) is 0 Å². The minimum Gasteiger partial charge on any atom is -0.234 e. The first-order chi connectivity index (χ1) is 6.54. The van der Waals surface area contributed by atoms with Gasteiger partial charge in [0, 0.05) is 0 Å². The van der Waals surface area contributed by atoms with Crippen LogP contribution in [-0.2, 0) is 12.5 Å². The number of hydrogen-bond acceptors (Lipinski definition) is 3. The van der Waals surface area contributed by atoms with Crippen LogP contribution in [0.5, 0.6) is 0 Å². The van der Waals surface area contributed by atoms with E-state index < -0.39 is 28.5 Å². The van der Waals surface area contributed by atoms with Crippen LogP contribution in [-0.4, -0.2) is 36.5 Å². The molecule has 0 saturated heterocycles. The van der Waals surface area contributed by atoms with Gasteiger partial charge >= 0.3 is 7.91 Å². The molecule has 0 aliphatic carbocycles. The molecule has 0 fully saturated rings. The first-order valence-electron chi connectivity index (χ1n) is 4.67. The van der Waals surface area contributed by atoms with E-state index in [-0.39, 0.29) is 0 Å². The van der Waals surface area contributed by atoms with E-state index in [1.807, 2.05) is 13.8 Å². The molecule has 0 radical (unpaired) electrons. The lowest BCUT2D eigenvalue weighted by molar-refractivity contribution is 0.369. The van der Waals surface area contributed by atoms with E-state index in [1.165, 1.54) is 0 Å². The molecule has 0 N–H and O–H groups in total. The maximum Gasteiger partial charge on any atom is 0.532 e. The molecule has 0 spiro atoms. The first kappa shape index (κ1) is 15.8. The van der Waals surface area contributed by atoms with E-state index in [0.29, 0.717) is 11.5 Å². The van der Waals surface area contributed by atoms with E-state index >= 15 is 0 Å². The smallest absolute Gasteiger partial charge is 0.234 e. The molecule has 15 heavy (non-hydrogen) atoms. The summed E-state index contributed by atoms with van der Waals surface area (Å²) >= 11 is 0. The zero-order valence-corrected chi connectivity index (χ0v) is 12.8. The second-order valence-corrected chi connectivity index (χ2v) is 13.0. The lowest BCUT2D eigenvalue weighted by atomic mass is 11.0. The van der Waals surface area contributed by atoms with Gasteiger partial charge in [-0.05, 0) is 36.5 Å². The van der Waals surface area contributed by atoms with Crippen molar-refractivity contribution in [2.24, 2.45) is 0 Å². The summed E-state index contributed by atoms with van der Waals surface area (Å²) in [4.78, 5) is 0. The summed E-state index contributed by atoms with van der Waals surface area (Å²) in [6, 6.07) is 0. The Morgan fingerprint density at radius 2 is 1.27 bits per heavy atom. The van der Waals surface area contributed by atoms with Crippen molar-refractivity contribution in [1.82, 2.24) is 0 Å². The fourth-order valence-electron chi connectivity index (χ4n) is 0.600. The van der Waals surface area contributed by atoms with Gasteiger partial charge in [0.1, 0.15) is 0 Å². The normalized spacial score (nSPS) is 16.5. The maximum absolute atomic E-state index is 13.6. The topological polar surface area (TPSA) is 35.5 Å². The number of rotatable bonds is 6.